The molecule has 0 radical (unpaired) electrons. The summed E-state index contributed by atoms with van der Waals surface area (Å²) in [6, 6.07) is 0. The van der Waals surface area contributed by atoms with E-state index in [0.717, 1.165) is 23.7 Å². The van der Waals surface area contributed by atoms with Gasteiger partial charge < -0.3 is 0 Å². The molecule has 28 heavy (non-hydrogen) atoms. The van der Waals surface area contributed by atoms with E-state index in [1.54, 1.807) is 0 Å². The van der Waals surface area contributed by atoms with E-state index in [1.807, 2.05) is 11.1 Å². The van der Waals surface area contributed by atoms with E-state index in [9.17, 15) is 0 Å². The normalized spacial score (nSPS) is 42.4. The molecule has 0 heterocycles. The molecule has 0 saturated heterocycles. The van der Waals surface area contributed by atoms with Crippen LogP contribution in [0.5, 0.6) is 0 Å². The Labute approximate surface area is 175 Å². The standard InChI is InChI=1S/C28H46/c1-19(2)20(3)10-11-21(4)24-14-15-25-23-13-12-22-9-7-8-17-27(22,5)26(23)16-18-28(24,25)6/h20-22,24,26H,1,7-18H2,2-6H3/t20-,21+,22+,24+,26-,27-,28+/m0/s1. The molecule has 0 amide bonds. The fourth-order valence-electron chi connectivity index (χ4n) is 8.44. The Morgan fingerprint density at radius 2 is 1.79 bits per heavy atom. The van der Waals surface area contributed by atoms with Gasteiger partial charge in [0.15, 0.2) is 0 Å². The minimum atomic E-state index is 0.523. The molecular formula is C28H46. The topological polar surface area (TPSA) is 0 Å². The maximum Gasteiger partial charge on any atom is -0.00825 e. The van der Waals surface area contributed by atoms with Gasteiger partial charge in [0, 0.05) is 0 Å². The predicted octanol–water partition coefficient (Wildman–Crippen LogP) is 8.73. The molecule has 4 rings (SSSR count). The van der Waals surface area contributed by atoms with Crippen molar-refractivity contribution in [3.8, 4) is 0 Å². The van der Waals surface area contributed by atoms with Gasteiger partial charge in [0.25, 0.3) is 0 Å². The van der Waals surface area contributed by atoms with Crippen molar-refractivity contribution in [2.45, 2.75) is 112 Å². The summed E-state index contributed by atoms with van der Waals surface area (Å²) in [5.41, 5.74) is 6.49. The molecule has 3 fully saturated rings. The highest BCUT2D eigenvalue weighted by molar-refractivity contribution is 5.34. The summed E-state index contributed by atoms with van der Waals surface area (Å²) in [6.45, 7) is 16.7. The van der Waals surface area contributed by atoms with Crippen molar-refractivity contribution in [2.24, 2.45) is 40.4 Å². The number of rotatable bonds is 5. The van der Waals surface area contributed by atoms with Crippen LogP contribution in [0.2, 0.25) is 0 Å². The van der Waals surface area contributed by atoms with Crippen molar-refractivity contribution in [3.63, 3.8) is 0 Å². The molecule has 0 nitrogen and oxygen atoms in total. The second-order valence-corrected chi connectivity index (χ2v) is 11.9. The van der Waals surface area contributed by atoms with Gasteiger partial charge in [-0.15, -0.1) is 0 Å². The smallest absolute Gasteiger partial charge is 0.00825 e. The summed E-state index contributed by atoms with van der Waals surface area (Å²) < 4.78 is 0. The van der Waals surface area contributed by atoms with Crippen LogP contribution in [-0.2, 0) is 0 Å². The first kappa shape index (κ1) is 20.7. The summed E-state index contributed by atoms with van der Waals surface area (Å²) in [4.78, 5) is 0. The molecule has 0 N–H and O–H groups in total. The fourth-order valence-corrected chi connectivity index (χ4v) is 8.44. The second-order valence-electron chi connectivity index (χ2n) is 11.9. The largest absolute Gasteiger partial charge is 0.0999 e. The number of hydrogen-bond acceptors (Lipinski definition) is 0. The Bertz CT molecular complexity index is 638. The maximum atomic E-state index is 4.19. The minimum absolute atomic E-state index is 0.523. The predicted molar refractivity (Wildman–Crippen MR) is 122 cm³/mol. The molecule has 4 aliphatic rings. The lowest BCUT2D eigenvalue weighted by Crippen LogP contribution is -2.46. The maximum absolute atomic E-state index is 4.19. The van der Waals surface area contributed by atoms with Crippen molar-refractivity contribution in [1.82, 2.24) is 0 Å². The molecule has 0 bridgehead atoms. The van der Waals surface area contributed by atoms with Gasteiger partial charge in [0.1, 0.15) is 0 Å². The third kappa shape index (κ3) is 3.26. The van der Waals surface area contributed by atoms with Crippen LogP contribution in [0.1, 0.15) is 112 Å². The van der Waals surface area contributed by atoms with Crippen LogP contribution in [0.15, 0.2) is 23.3 Å². The lowest BCUT2D eigenvalue weighted by Gasteiger charge is -2.56. The van der Waals surface area contributed by atoms with Gasteiger partial charge in [-0.05, 0) is 112 Å². The van der Waals surface area contributed by atoms with E-state index >= 15 is 0 Å². The molecule has 158 valence electrons. The average molecular weight is 383 g/mol. The molecule has 0 aromatic carbocycles. The van der Waals surface area contributed by atoms with E-state index < -0.39 is 0 Å². The van der Waals surface area contributed by atoms with Crippen molar-refractivity contribution < 1.29 is 0 Å². The van der Waals surface area contributed by atoms with Crippen LogP contribution in [-0.4, -0.2) is 0 Å². The quantitative estimate of drug-likeness (QED) is 0.417. The zero-order valence-corrected chi connectivity index (χ0v) is 19.6. The van der Waals surface area contributed by atoms with Crippen molar-refractivity contribution in [3.05, 3.63) is 23.3 Å². The summed E-state index contributed by atoms with van der Waals surface area (Å²) in [6.07, 6.45) is 17.5. The molecule has 0 aromatic heterocycles. The molecular weight excluding hydrogens is 336 g/mol. The molecule has 0 spiro atoms. The second kappa shape index (κ2) is 7.63. The lowest BCUT2D eigenvalue weighted by molar-refractivity contribution is 0.00929. The molecule has 0 heteroatoms. The summed E-state index contributed by atoms with van der Waals surface area (Å²) >= 11 is 0. The summed E-state index contributed by atoms with van der Waals surface area (Å²) in [7, 11) is 0. The molecule has 0 unspecified atom stereocenters. The van der Waals surface area contributed by atoms with Crippen LogP contribution >= 0.6 is 0 Å². The van der Waals surface area contributed by atoms with Crippen LogP contribution in [0, 0.1) is 40.4 Å². The van der Waals surface area contributed by atoms with Gasteiger partial charge >= 0.3 is 0 Å². The zero-order valence-electron chi connectivity index (χ0n) is 19.6. The first-order valence-electron chi connectivity index (χ1n) is 12.6. The van der Waals surface area contributed by atoms with E-state index in [0.29, 0.717) is 16.7 Å². The van der Waals surface area contributed by atoms with Gasteiger partial charge in [0.2, 0.25) is 0 Å². The number of fused-ring (bicyclic) bond motifs is 4. The Morgan fingerprint density at radius 3 is 2.54 bits per heavy atom. The number of allylic oxidation sites excluding steroid dienone is 3. The highest BCUT2D eigenvalue weighted by Crippen LogP contribution is 2.65. The van der Waals surface area contributed by atoms with E-state index in [4.69, 9.17) is 0 Å². The van der Waals surface area contributed by atoms with Gasteiger partial charge in [-0.2, -0.15) is 0 Å². The molecule has 0 aliphatic heterocycles. The van der Waals surface area contributed by atoms with Crippen molar-refractivity contribution >= 4 is 0 Å². The van der Waals surface area contributed by atoms with Gasteiger partial charge in [0.05, 0.1) is 0 Å². The van der Waals surface area contributed by atoms with E-state index in [2.05, 4.69) is 41.2 Å². The molecule has 3 saturated carbocycles. The summed E-state index contributed by atoms with van der Waals surface area (Å²) in [5, 5.41) is 0. The third-order valence-corrected chi connectivity index (χ3v) is 10.6. The first-order valence-corrected chi connectivity index (χ1v) is 12.6. The van der Waals surface area contributed by atoms with Crippen molar-refractivity contribution in [2.75, 3.05) is 0 Å². The van der Waals surface area contributed by atoms with E-state index in [-0.39, 0.29) is 0 Å². The third-order valence-electron chi connectivity index (χ3n) is 10.6. The highest BCUT2D eigenvalue weighted by Gasteiger charge is 2.54. The molecule has 7 atom stereocenters. The van der Waals surface area contributed by atoms with Crippen LogP contribution in [0.25, 0.3) is 0 Å². The highest BCUT2D eigenvalue weighted by atomic mass is 14.6. The van der Waals surface area contributed by atoms with Gasteiger partial charge in [-0.3, -0.25) is 0 Å². The van der Waals surface area contributed by atoms with E-state index in [1.165, 1.54) is 82.6 Å². The minimum Gasteiger partial charge on any atom is -0.0999 e. The van der Waals surface area contributed by atoms with Crippen LogP contribution < -0.4 is 0 Å². The Morgan fingerprint density at radius 1 is 1.00 bits per heavy atom. The number of hydrogen-bond donors (Lipinski definition) is 0. The van der Waals surface area contributed by atoms with Crippen LogP contribution in [0.4, 0.5) is 0 Å². The van der Waals surface area contributed by atoms with Gasteiger partial charge in [-0.25, -0.2) is 0 Å². The molecule has 4 aliphatic carbocycles. The lowest BCUT2D eigenvalue weighted by atomic mass is 9.49. The summed E-state index contributed by atoms with van der Waals surface area (Å²) in [5.74, 6) is 4.44. The Kier molecular flexibility index (Phi) is 5.65. The van der Waals surface area contributed by atoms with Crippen LogP contribution in [0.3, 0.4) is 0 Å². The fraction of sp³-hybridized carbons (Fsp3) is 0.857. The SMILES string of the molecule is C=C(C)[C@@H](C)CC[C@@H](C)[C@H]1CCC2=C3CC[C@H]4CCCC[C@]4(C)[C@H]3CC[C@@]21C. The monoisotopic (exact) mass is 382 g/mol. The Hall–Kier alpha value is -0.520. The molecule has 0 aromatic rings. The Balaban J connectivity index is 1.54. The zero-order chi connectivity index (χ0) is 20.1. The average Bonchev–Trinajstić information content (AvgIpc) is 3.02. The first-order chi connectivity index (χ1) is 13.3. The van der Waals surface area contributed by atoms with Gasteiger partial charge in [-0.1, -0.05) is 63.8 Å². The van der Waals surface area contributed by atoms with Crippen molar-refractivity contribution in [1.29, 1.82) is 0 Å².